The molecule has 1 aromatic heterocycles. The van der Waals surface area contributed by atoms with Gasteiger partial charge in [-0.15, -0.1) is 11.3 Å². The Kier molecular flexibility index (Phi) is 5.28. The van der Waals surface area contributed by atoms with Gasteiger partial charge in [-0.25, -0.2) is 9.59 Å². The van der Waals surface area contributed by atoms with Crippen molar-refractivity contribution in [3.8, 4) is 0 Å². The van der Waals surface area contributed by atoms with E-state index in [1.54, 1.807) is 16.2 Å². The van der Waals surface area contributed by atoms with Gasteiger partial charge in [-0.1, -0.05) is 24.3 Å². The monoisotopic (exact) mass is 423 g/mol. The van der Waals surface area contributed by atoms with Crippen LogP contribution in [0.2, 0.25) is 0 Å². The van der Waals surface area contributed by atoms with Crippen molar-refractivity contribution in [1.82, 2.24) is 4.90 Å². The van der Waals surface area contributed by atoms with Crippen molar-refractivity contribution < 1.29 is 19.1 Å². The minimum atomic E-state index is -0.586. The molecule has 0 aliphatic carbocycles. The molecule has 1 aliphatic heterocycles. The Labute approximate surface area is 179 Å². The van der Waals surface area contributed by atoms with Gasteiger partial charge in [-0.2, -0.15) is 0 Å². The Morgan fingerprint density at radius 3 is 2.50 bits per heavy atom. The molecule has 0 bridgehead atoms. The molecule has 4 rings (SSSR count). The number of rotatable bonds is 2. The van der Waals surface area contributed by atoms with E-state index in [2.05, 4.69) is 30.3 Å². The minimum absolute atomic E-state index is 0.180. The lowest BCUT2D eigenvalue weighted by Gasteiger charge is -2.32. The zero-order valence-electron chi connectivity index (χ0n) is 17.7. The third-order valence-corrected chi connectivity index (χ3v) is 6.31. The van der Waals surface area contributed by atoms with Crippen LogP contribution in [0.25, 0.3) is 25.7 Å². The fourth-order valence-electron chi connectivity index (χ4n) is 3.79. The normalized spacial score (nSPS) is 15.0. The number of carbonyl (C=O) groups is 2. The number of hydrogen-bond donors (Lipinski definition) is 0. The summed E-state index contributed by atoms with van der Waals surface area (Å²) < 4.78 is 13.0. The van der Waals surface area contributed by atoms with Gasteiger partial charge in [0, 0.05) is 26.7 Å². The summed E-state index contributed by atoms with van der Waals surface area (Å²) in [5.41, 5.74) is 1.85. The van der Waals surface area contributed by atoms with Crippen LogP contribution in [-0.2, 0) is 14.3 Å². The first-order valence-corrected chi connectivity index (χ1v) is 10.8. The predicted octanol–water partition coefficient (Wildman–Crippen LogP) is 5.62. The van der Waals surface area contributed by atoms with Crippen LogP contribution in [0.1, 0.15) is 32.8 Å². The summed E-state index contributed by atoms with van der Waals surface area (Å²) in [5, 5.41) is 2.39. The number of hydrogen-bond acceptors (Lipinski definition) is 5. The number of carbonyl (C=O) groups excluding carboxylic acids is 2. The van der Waals surface area contributed by atoms with E-state index in [-0.39, 0.29) is 6.54 Å². The molecule has 2 aromatic carbocycles. The zero-order chi connectivity index (χ0) is 21.5. The van der Waals surface area contributed by atoms with E-state index >= 15 is 0 Å². The van der Waals surface area contributed by atoms with Crippen molar-refractivity contribution in [3.05, 3.63) is 53.6 Å². The summed E-state index contributed by atoms with van der Waals surface area (Å²) in [6, 6.07) is 14.6. The molecule has 0 spiro atoms. The Balaban J connectivity index is 1.74. The maximum Gasteiger partial charge on any atom is 0.410 e. The third kappa shape index (κ3) is 3.92. The van der Waals surface area contributed by atoms with Crippen molar-refractivity contribution in [2.24, 2.45) is 0 Å². The SMILES string of the molecule is COC(=O)C1=C(c2ccc3sc4ccccc4c3c2)CCN(C(=O)OC(C)(C)C)C1. The van der Waals surface area contributed by atoms with Gasteiger partial charge >= 0.3 is 12.1 Å². The van der Waals surface area contributed by atoms with Gasteiger partial charge in [0.15, 0.2) is 0 Å². The van der Waals surface area contributed by atoms with Gasteiger partial charge in [0.25, 0.3) is 0 Å². The molecule has 5 nitrogen and oxygen atoms in total. The standard InChI is InChI=1S/C24H25NO4S/c1-24(2,3)29-23(27)25-12-11-16(19(14-25)22(26)28-4)15-9-10-21-18(13-15)17-7-5-6-8-20(17)30-21/h5-10,13H,11-12,14H2,1-4H3. The molecule has 1 amide bonds. The minimum Gasteiger partial charge on any atom is -0.466 e. The van der Waals surface area contributed by atoms with Crippen molar-refractivity contribution in [1.29, 1.82) is 0 Å². The first-order valence-electron chi connectivity index (χ1n) is 9.97. The van der Waals surface area contributed by atoms with E-state index in [9.17, 15) is 9.59 Å². The second kappa shape index (κ2) is 7.76. The average molecular weight is 424 g/mol. The molecule has 0 fully saturated rings. The highest BCUT2D eigenvalue weighted by molar-refractivity contribution is 7.25. The molecular formula is C24H25NO4S. The topological polar surface area (TPSA) is 55.8 Å². The first-order chi connectivity index (χ1) is 14.3. The summed E-state index contributed by atoms with van der Waals surface area (Å²) in [7, 11) is 1.37. The van der Waals surface area contributed by atoms with Crippen molar-refractivity contribution in [2.45, 2.75) is 32.8 Å². The highest BCUT2D eigenvalue weighted by atomic mass is 32.1. The predicted molar refractivity (Wildman–Crippen MR) is 121 cm³/mol. The zero-order valence-corrected chi connectivity index (χ0v) is 18.5. The number of thiophene rings is 1. The van der Waals surface area contributed by atoms with Crippen molar-refractivity contribution >= 4 is 49.1 Å². The Morgan fingerprint density at radius 2 is 1.77 bits per heavy atom. The lowest BCUT2D eigenvalue weighted by Crippen LogP contribution is -2.41. The number of fused-ring (bicyclic) bond motifs is 3. The van der Waals surface area contributed by atoms with Gasteiger partial charge < -0.3 is 14.4 Å². The lowest BCUT2D eigenvalue weighted by molar-refractivity contribution is -0.136. The molecular weight excluding hydrogens is 398 g/mol. The smallest absolute Gasteiger partial charge is 0.410 e. The molecule has 30 heavy (non-hydrogen) atoms. The maximum atomic E-state index is 12.6. The number of nitrogens with zero attached hydrogens (tertiary/aromatic N) is 1. The van der Waals surface area contributed by atoms with Crippen LogP contribution in [-0.4, -0.2) is 42.8 Å². The summed E-state index contributed by atoms with van der Waals surface area (Å²) in [4.78, 5) is 26.7. The molecule has 0 unspecified atom stereocenters. The first kappa shape index (κ1) is 20.4. The summed E-state index contributed by atoms with van der Waals surface area (Å²) in [5.74, 6) is -0.409. The molecule has 6 heteroatoms. The van der Waals surface area contributed by atoms with E-state index in [1.807, 2.05) is 32.9 Å². The summed E-state index contributed by atoms with van der Waals surface area (Å²) in [6.07, 6.45) is 0.152. The van der Waals surface area contributed by atoms with Crippen LogP contribution >= 0.6 is 11.3 Å². The number of amides is 1. The average Bonchev–Trinajstić information content (AvgIpc) is 3.09. The molecule has 156 valence electrons. The van der Waals surface area contributed by atoms with Gasteiger partial charge in [0.05, 0.1) is 19.2 Å². The Morgan fingerprint density at radius 1 is 1.03 bits per heavy atom. The molecule has 0 radical (unpaired) electrons. The molecule has 0 atom stereocenters. The number of esters is 1. The summed E-state index contributed by atoms with van der Waals surface area (Å²) in [6.45, 7) is 6.17. The lowest BCUT2D eigenvalue weighted by atomic mass is 9.92. The molecule has 3 aromatic rings. The van der Waals surface area contributed by atoms with E-state index in [0.29, 0.717) is 18.5 Å². The van der Waals surface area contributed by atoms with Crippen LogP contribution in [0.3, 0.4) is 0 Å². The molecule has 0 saturated carbocycles. The van der Waals surface area contributed by atoms with Crippen LogP contribution in [0, 0.1) is 0 Å². The quantitative estimate of drug-likeness (QED) is 0.502. The fraction of sp³-hybridized carbons (Fsp3) is 0.333. The van der Waals surface area contributed by atoms with E-state index in [1.165, 1.54) is 27.3 Å². The van der Waals surface area contributed by atoms with Crippen molar-refractivity contribution in [2.75, 3.05) is 20.2 Å². The van der Waals surface area contributed by atoms with Gasteiger partial charge in [0.2, 0.25) is 0 Å². The highest BCUT2D eigenvalue weighted by Gasteiger charge is 2.30. The van der Waals surface area contributed by atoms with Gasteiger partial charge in [0.1, 0.15) is 5.60 Å². The van der Waals surface area contributed by atoms with E-state index in [4.69, 9.17) is 9.47 Å². The van der Waals surface area contributed by atoms with Crippen LogP contribution < -0.4 is 0 Å². The molecule has 0 N–H and O–H groups in total. The fourth-order valence-corrected chi connectivity index (χ4v) is 4.88. The van der Waals surface area contributed by atoms with Crippen LogP contribution in [0.5, 0.6) is 0 Å². The number of benzene rings is 2. The largest absolute Gasteiger partial charge is 0.466 e. The van der Waals surface area contributed by atoms with Crippen molar-refractivity contribution in [3.63, 3.8) is 0 Å². The Bertz CT molecular complexity index is 1170. The molecule has 0 saturated heterocycles. The number of methoxy groups -OCH3 is 1. The third-order valence-electron chi connectivity index (χ3n) is 5.15. The van der Waals surface area contributed by atoms with Gasteiger partial charge in [-0.3, -0.25) is 0 Å². The van der Waals surface area contributed by atoms with E-state index in [0.717, 1.165) is 11.1 Å². The molecule has 1 aliphatic rings. The Hall–Kier alpha value is -2.86. The second-order valence-electron chi connectivity index (χ2n) is 8.41. The summed E-state index contributed by atoms with van der Waals surface area (Å²) >= 11 is 1.76. The van der Waals surface area contributed by atoms with Crippen LogP contribution in [0.15, 0.2) is 48.0 Å². The van der Waals surface area contributed by atoms with E-state index < -0.39 is 17.7 Å². The highest BCUT2D eigenvalue weighted by Crippen LogP contribution is 2.37. The van der Waals surface area contributed by atoms with Crippen LogP contribution in [0.4, 0.5) is 4.79 Å². The van der Waals surface area contributed by atoms with Gasteiger partial charge in [-0.05, 0) is 56.5 Å². The number of ether oxygens (including phenoxy) is 2. The molecule has 2 heterocycles. The second-order valence-corrected chi connectivity index (χ2v) is 9.49. The maximum absolute atomic E-state index is 12.6.